The molecule has 0 aliphatic carbocycles. The number of aliphatic carboxylic acids is 1. The van der Waals surface area contributed by atoms with Crippen LogP contribution in [0.15, 0.2) is 48.5 Å². The van der Waals surface area contributed by atoms with E-state index < -0.39 is 17.6 Å². The number of halogens is 2. The molecule has 0 saturated carbocycles. The van der Waals surface area contributed by atoms with Crippen LogP contribution in [0.3, 0.4) is 0 Å². The number of benzene rings is 1. The number of carbonyl (C=O) groups is 1. The van der Waals surface area contributed by atoms with Crippen LogP contribution in [0.1, 0.15) is 42.0 Å². The van der Waals surface area contributed by atoms with Gasteiger partial charge >= 0.3 is 5.97 Å². The Morgan fingerprint density at radius 3 is 2.62 bits per heavy atom. The van der Waals surface area contributed by atoms with Gasteiger partial charge in [0.25, 0.3) is 0 Å². The SMILES string of the molecule is N#Cc1ccc(OCc2nc(OC3CCN(Cc4nc5ccc(/C=C/C(=O)O)nc5n4C[C@@H]4CCO4)CC3)ccc2F)c(F)c1. The highest BCUT2D eigenvalue weighted by atomic mass is 19.1. The van der Waals surface area contributed by atoms with Crippen LogP contribution in [-0.2, 0) is 29.2 Å². The molecule has 2 fully saturated rings. The van der Waals surface area contributed by atoms with E-state index in [1.807, 2.05) is 12.1 Å². The number of hydrogen-bond donors (Lipinski definition) is 1. The van der Waals surface area contributed by atoms with Gasteiger partial charge in [-0.15, -0.1) is 0 Å². The van der Waals surface area contributed by atoms with Crippen molar-refractivity contribution < 1.29 is 32.9 Å². The number of likely N-dealkylation sites (tertiary alicyclic amines) is 1. The molecule has 0 spiro atoms. The molecular weight excluding hydrogens is 586 g/mol. The lowest BCUT2D eigenvalue weighted by atomic mass is 10.1. The summed E-state index contributed by atoms with van der Waals surface area (Å²) in [7, 11) is 0. The Balaban J connectivity index is 1.08. The smallest absolute Gasteiger partial charge is 0.328 e. The predicted molar refractivity (Wildman–Crippen MR) is 157 cm³/mol. The number of hydrogen-bond acceptors (Lipinski definition) is 9. The summed E-state index contributed by atoms with van der Waals surface area (Å²) in [6, 6.07) is 12.0. The normalized spacial score (nSPS) is 17.3. The van der Waals surface area contributed by atoms with Crippen LogP contribution in [0.5, 0.6) is 11.6 Å². The van der Waals surface area contributed by atoms with Gasteiger partial charge in [-0.25, -0.2) is 28.5 Å². The standard InChI is InChI=1S/C32H30F2N6O5/c33-24-4-7-30(38-27(24)19-44-28-6-1-20(16-35)15-25(28)34)45-22-9-12-39(13-10-22)18-29-37-26-5-2-21(3-8-31(41)42)36-32(26)40(29)17-23-11-14-43-23/h1-8,15,22-23H,9-14,17-19H2,(H,41,42)/b8-3+/t23-/m0/s1. The van der Waals surface area contributed by atoms with E-state index in [0.717, 1.165) is 62.4 Å². The van der Waals surface area contributed by atoms with Crippen LogP contribution in [0.4, 0.5) is 8.78 Å². The lowest BCUT2D eigenvalue weighted by Crippen LogP contribution is -2.39. The van der Waals surface area contributed by atoms with Crippen LogP contribution in [0.2, 0.25) is 0 Å². The van der Waals surface area contributed by atoms with E-state index in [4.69, 9.17) is 29.6 Å². The average Bonchev–Trinajstić information content (AvgIpc) is 3.35. The van der Waals surface area contributed by atoms with Gasteiger partial charge < -0.3 is 23.9 Å². The van der Waals surface area contributed by atoms with Gasteiger partial charge in [-0.2, -0.15) is 5.26 Å². The fraction of sp³-hybridized carbons (Fsp3) is 0.344. The van der Waals surface area contributed by atoms with E-state index in [9.17, 15) is 13.6 Å². The van der Waals surface area contributed by atoms with Gasteiger partial charge in [-0.1, -0.05) is 0 Å². The molecule has 6 rings (SSSR count). The van der Waals surface area contributed by atoms with E-state index in [0.29, 0.717) is 24.4 Å². The molecule has 2 aliphatic heterocycles. The molecule has 1 aromatic carbocycles. The van der Waals surface area contributed by atoms with E-state index in [-0.39, 0.29) is 41.7 Å². The van der Waals surface area contributed by atoms with Crippen LogP contribution in [0, 0.1) is 23.0 Å². The molecule has 5 heterocycles. The number of rotatable bonds is 11. The fourth-order valence-electron chi connectivity index (χ4n) is 5.28. The van der Waals surface area contributed by atoms with Crippen molar-refractivity contribution in [3.63, 3.8) is 0 Å². The van der Waals surface area contributed by atoms with E-state index in [2.05, 4.69) is 19.4 Å². The quantitative estimate of drug-likeness (QED) is 0.240. The van der Waals surface area contributed by atoms with Crippen molar-refractivity contribution in [1.82, 2.24) is 24.4 Å². The van der Waals surface area contributed by atoms with Crippen molar-refractivity contribution >= 4 is 23.2 Å². The lowest BCUT2D eigenvalue weighted by molar-refractivity contribution is -0.131. The minimum atomic E-state index is -1.04. The monoisotopic (exact) mass is 616 g/mol. The van der Waals surface area contributed by atoms with Crippen LogP contribution < -0.4 is 9.47 Å². The minimum absolute atomic E-state index is 0.0155. The van der Waals surface area contributed by atoms with E-state index in [1.165, 1.54) is 30.3 Å². The van der Waals surface area contributed by atoms with Crippen LogP contribution in [-0.4, -0.2) is 67.4 Å². The number of ether oxygens (including phenoxy) is 3. The number of carboxylic acids is 1. The number of nitriles is 1. The van der Waals surface area contributed by atoms with Crippen molar-refractivity contribution in [3.05, 3.63) is 83.0 Å². The second kappa shape index (κ2) is 13.4. The summed E-state index contributed by atoms with van der Waals surface area (Å²) >= 11 is 0. The number of aromatic nitrogens is 4. The molecular formula is C32H30F2N6O5. The number of nitrogens with zero attached hydrogens (tertiary/aromatic N) is 6. The molecule has 2 aliphatic rings. The number of fused-ring (bicyclic) bond motifs is 1. The van der Waals surface area contributed by atoms with Crippen molar-refractivity contribution in [2.24, 2.45) is 0 Å². The first-order valence-electron chi connectivity index (χ1n) is 14.6. The van der Waals surface area contributed by atoms with Gasteiger partial charge in [-0.05, 0) is 61.7 Å². The summed E-state index contributed by atoms with van der Waals surface area (Å²) in [5, 5.41) is 17.9. The third-order valence-corrected chi connectivity index (χ3v) is 7.77. The second-order valence-electron chi connectivity index (χ2n) is 10.9. The van der Waals surface area contributed by atoms with Gasteiger partial charge in [0.1, 0.15) is 35.6 Å². The first-order chi connectivity index (χ1) is 21.8. The molecule has 232 valence electrons. The summed E-state index contributed by atoms with van der Waals surface area (Å²) in [6.07, 6.45) is 4.87. The zero-order valence-corrected chi connectivity index (χ0v) is 24.2. The van der Waals surface area contributed by atoms with Crippen molar-refractivity contribution in [1.29, 1.82) is 5.26 Å². The van der Waals surface area contributed by atoms with Gasteiger partial charge in [0, 0.05) is 31.8 Å². The summed E-state index contributed by atoms with van der Waals surface area (Å²) in [5.74, 6) is -1.34. The Hall–Kier alpha value is -4.93. The summed E-state index contributed by atoms with van der Waals surface area (Å²) in [6.45, 7) is 3.12. The third-order valence-electron chi connectivity index (χ3n) is 7.77. The zero-order chi connectivity index (χ0) is 31.3. The van der Waals surface area contributed by atoms with Gasteiger partial charge in [-0.3, -0.25) is 4.90 Å². The predicted octanol–water partition coefficient (Wildman–Crippen LogP) is 4.49. The average molecular weight is 617 g/mol. The van der Waals surface area contributed by atoms with Crippen LogP contribution in [0.25, 0.3) is 17.2 Å². The number of piperidine rings is 1. The maximum atomic E-state index is 14.4. The second-order valence-corrected chi connectivity index (χ2v) is 10.9. The maximum absolute atomic E-state index is 14.4. The first-order valence-corrected chi connectivity index (χ1v) is 14.6. The molecule has 3 aromatic heterocycles. The zero-order valence-electron chi connectivity index (χ0n) is 24.2. The first kappa shape index (κ1) is 30.1. The van der Waals surface area contributed by atoms with E-state index >= 15 is 0 Å². The summed E-state index contributed by atoms with van der Waals surface area (Å²) in [4.78, 5) is 27.0. The van der Waals surface area contributed by atoms with E-state index in [1.54, 1.807) is 6.07 Å². The molecule has 0 radical (unpaired) electrons. The molecule has 0 amide bonds. The summed E-state index contributed by atoms with van der Waals surface area (Å²) < 4.78 is 47.9. The maximum Gasteiger partial charge on any atom is 0.328 e. The van der Waals surface area contributed by atoms with Gasteiger partial charge in [0.15, 0.2) is 17.2 Å². The molecule has 4 aromatic rings. The Bertz CT molecular complexity index is 1780. The molecule has 1 atom stereocenters. The van der Waals surface area contributed by atoms with Gasteiger partial charge in [0.05, 0.1) is 36.5 Å². The number of imidazole rings is 1. The molecule has 2 saturated heterocycles. The largest absolute Gasteiger partial charge is 0.484 e. The molecule has 45 heavy (non-hydrogen) atoms. The molecule has 11 nitrogen and oxygen atoms in total. The van der Waals surface area contributed by atoms with Crippen molar-refractivity contribution in [2.75, 3.05) is 19.7 Å². The molecule has 13 heteroatoms. The highest BCUT2D eigenvalue weighted by molar-refractivity contribution is 5.85. The lowest BCUT2D eigenvalue weighted by Gasteiger charge is -2.32. The molecule has 0 bridgehead atoms. The molecule has 0 unspecified atom stereocenters. The topological polar surface area (TPSA) is 136 Å². The van der Waals surface area contributed by atoms with Crippen molar-refractivity contribution in [3.8, 4) is 17.7 Å². The summed E-state index contributed by atoms with van der Waals surface area (Å²) in [5.41, 5.74) is 2.11. The minimum Gasteiger partial charge on any atom is -0.484 e. The Morgan fingerprint density at radius 2 is 1.91 bits per heavy atom. The highest BCUT2D eigenvalue weighted by Gasteiger charge is 2.26. The number of carboxylic acid groups (broad SMARTS) is 1. The highest BCUT2D eigenvalue weighted by Crippen LogP contribution is 2.25. The van der Waals surface area contributed by atoms with Crippen LogP contribution >= 0.6 is 0 Å². The van der Waals surface area contributed by atoms with Gasteiger partial charge in [0.2, 0.25) is 5.88 Å². The van der Waals surface area contributed by atoms with Crippen molar-refractivity contribution in [2.45, 2.75) is 51.2 Å². The Labute approximate surface area is 257 Å². The number of pyridine rings is 2. The Kier molecular flexibility index (Phi) is 8.95. The third kappa shape index (κ3) is 7.25. The Morgan fingerprint density at radius 1 is 1.09 bits per heavy atom. The molecule has 1 N–H and O–H groups in total. The fourth-order valence-corrected chi connectivity index (χ4v) is 5.28.